The molecule has 1 N–H and O–H groups in total. The van der Waals surface area contributed by atoms with Gasteiger partial charge in [0.25, 0.3) is 12.3 Å². The Morgan fingerprint density at radius 1 is 1.18 bits per heavy atom. The van der Waals surface area contributed by atoms with E-state index < -0.39 is 6.43 Å². The van der Waals surface area contributed by atoms with Gasteiger partial charge in [-0.15, -0.1) is 0 Å². The molecule has 1 aliphatic carbocycles. The maximum absolute atomic E-state index is 13.7. The van der Waals surface area contributed by atoms with Gasteiger partial charge in [0.2, 0.25) is 0 Å². The molecule has 1 fully saturated rings. The van der Waals surface area contributed by atoms with Crippen LogP contribution in [-0.4, -0.2) is 26.5 Å². The number of carbonyl (C=O) groups is 1. The van der Waals surface area contributed by atoms with E-state index in [4.69, 9.17) is 0 Å². The van der Waals surface area contributed by atoms with Crippen molar-refractivity contribution < 1.29 is 13.6 Å². The Kier molecular flexibility index (Phi) is 5.07. The van der Waals surface area contributed by atoms with E-state index in [0.29, 0.717) is 5.69 Å². The van der Waals surface area contributed by atoms with Crippen molar-refractivity contribution in [2.24, 2.45) is 0 Å². The largest absolute Gasteiger partial charge is 0.349 e. The van der Waals surface area contributed by atoms with Gasteiger partial charge in [-0.05, 0) is 25.8 Å². The summed E-state index contributed by atoms with van der Waals surface area (Å²) in [5, 5.41) is 7.03. The second kappa shape index (κ2) is 7.66. The van der Waals surface area contributed by atoms with Crippen LogP contribution in [0.15, 0.2) is 36.5 Å². The summed E-state index contributed by atoms with van der Waals surface area (Å²) in [6, 6.07) is 8.92. The highest BCUT2D eigenvalue weighted by Crippen LogP contribution is 2.27. The zero-order valence-electron chi connectivity index (χ0n) is 15.7. The van der Waals surface area contributed by atoms with Crippen molar-refractivity contribution in [2.45, 2.75) is 51.5 Å². The van der Waals surface area contributed by atoms with Crippen molar-refractivity contribution in [3.63, 3.8) is 0 Å². The predicted octanol–water partition coefficient (Wildman–Crippen LogP) is 4.70. The molecule has 0 unspecified atom stereocenters. The molecule has 5 nitrogen and oxygen atoms in total. The van der Waals surface area contributed by atoms with Gasteiger partial charge in [-0.25, -0.2) is 18.3 Å². The van der Waals surface area contributed by atoms with Gasteiger partial charge in [0.15, 0.2) is 5.65 Å². The van der Waals surface area contributed by atoms with Crippen molar-refractivity contribution in [1.29, 1.82) is 0 Å². The van der Waals surface area contributed by atoms with Crippen LogP contribution in [0.5, 0.6) is 0 Å². The quantitative estimate of drug-likeness (QED) is 0.709. The van der Waals surface area contributed by atoms with Crippen molar-refractivity contribution in [1.82, 2.24) is 19.9 Å². The van der Waals surface area contributed by atoms with Crippen molar-refractivity contribution in [2.75, 3.05) is 0 Å². The number of rotatable bonds is 4. The first-order valence-electron chi connectivity index (χ1n) is 9.57. The Bertz CT molecular complexity index is 992. The number of benzene rings is 1. The molecule has 2 heterocycles. The van der Waals surface area contributed by atoms with Crippen LogP contribution in [0.4, 0.5) is 8.78 Å². The van der Waals surface area contributed by atoms with Gasteiger partial charge in [0.05, 0.1) is 11.9 Å². The fraction of sp³-hybridized carbons (Fsp3) is 0.381. The van der Waals surface area contributed by atoms with E-state index in [1.165, 1.54) is 18.7 Å². The Balaban J connectivity index is 1.75. The molecule has 4 rings (SSSR count). The predicted molar refractivity (Wildman–Crippen MR) is 102 cm³/mol. The van der Waals surface area contributed by atoms with Gasteiger partial charge < -0.3 is 5.32 Å². The number of amides is 1. The Hall–Kier alpha value is -2.83. The summed E-state index contributed by atoms with van der Waals surface area (Å²) in [6.07, 6.45) is 3.83. The van der Waals surface area contributed by atoms with Crippen LogP contribution in [0.3, 0.4) is 0 Å². The molecule has 0 bridgehead atoms. The molecule has 0 aliphatic heterocycles. The number of hydrogen-bond donors (Lipinski definition) is 1. The Morgan fingerprint density at radius 3 is 2.57 bits per heavy atom. The summed E-state index contributed by atoms with van der Waals surface area (Å²) >= 11 is 0. The van der Waals surface area contributed by atoms with Crippen molar-refractivity contribution in [3.05, 3.63) is 53.3 Å². The fourth-order valence-corrected chi connectivity index (χ4v) is 3.68. The first-order valence-corrected chi connectivity index (χ1v) is 9.57. The van der Waals surface area contributed by atoms with E-state index >= 15 is 0 Å². The molecule has 28 heavy (non-hydrogen) atoms. The summed E-state index contributed by atoms with van der Waals surface area (Å²) in [7, 11) is 0. The summed E-state index contributed by atoms with van der Waals surface area (Å²) in [5.41, 5.74) is 2.28. The van der Waals surface area contributed by atoms with Gasteiger partial charge in [-0.3, -0.25) is 4.79 Å². The van der Waals surface area contributed by atoms with E-state index in [1.807, 2.05) is 31.2 Å². The minimum Gasteiger partial charge on any atom is -0.349 e. The minimum absolute atomic E-state index is 0.117. The highest BCUT2D eigenvalue weighted by Gasteiger charge is 2.23. The minimum atomic E-state index is -2.73. The molecule has 146 valence electrons. The van der Waals surface area contributed by atoms with Crippen molar-refractivity contribution in [3.8, 4) is 11.3 Å². The van der Waals surface area contributed by atoms with Gasteiger partial charge in [0, 0.05) is 11.6 Å². The number of halogens is 2. The van der Waals surface area contributed by atoms with Gasteiger partial charge in [-0.2, -0.15) is 5.10 Å². The number of aryl methyl sites for hydroxylation is 1. The van der Waals surface area contributed by atoms with Gasteiger partial charge >= 0.3 is 0 Å². The second-order valence-electron chi connectivity index (χ2n) is 7.34. The van der Waals surface area contributed by atoms with E-state index in [1.54, 1.807) is 0 Å². The van der Waals surface area contributed by atoms with Crippen LogP contribution < -0.4 is 5.32 Å². The fourth-order valence-electron chi connectivity index (χ4n) is 3.68. The third-order valence-electron chi connectivity index (χ3n) is 5.26. The average Bonchev–Trinajstić information content (AvgIpc) is 3.12. The summed E-state index contributed by atoms with van der Waals surface area (Å²) in [5.74, 6) is -0.310. The highest BCUT2D eigenvalue weighted by atomic mass is 19.3. The highest BCUT2D eigenvalue weighted by molar-refractivity contribution is 6.00. The smallest absolute Gasteiger partial charge is 0.280 e. The monoisotopic (exact) mass is 384 g/mol. The number of nitrogens with zero attached hydrogens (tertiary/aromatic N) is 3. The molecule has 1 aromatic carbocycles. The zero-order valence-corrected chi connectivity index (χ0v) is 15.7. The Morgan fingerprint density at radius 2 is 1.89 bits per heavy atom. The number of hydrogen-bond acceptors (Lipinski definition) is 3. The van der Waals surface area contributed by atoms with Crippen LogP contribution in [0.2, 0.25) is 0 Å². The number of carbonyl (C=O) groups excluding carboxylic acids is 1. The summed E-state index contributed by atoms with van der Waals surface area (Å²) in [6.45, 7) is 1.95. The lowest BCUT2D eigenvalue weighted by Gasteiger charge is -2.22. The maximum atomic E-state index is 13.7. The van der Waals surface area contributed by atoms with E-state index in [2.05, 4.69) is 15.4 Å². The Labute approximate surface area is 161 Å². The number of aromatic nitrogens is 3. The lowest BCUT2D eigenvalue weighted by atomic mass is 9.95. The van der Waals surface area contributed by atoms with E-state index in [-0.39, 0.29) is 28.9 Å². The van der Waals surface area contributed by atoms with Gasteiger partial charge in [-0.1, -0.05) is 49.1 Å². The number of fused-ring (bicyclic) bond motifs is 1. The van der Waals surface area contributed by atoms with E-state index in [9.17, 15) is 13.6 Å². The molecular formula is C21H22F2N4O. The van der Waals surface area contributed by atoms with Crippen LogP contribution in [0.25, 0.3) is 16.9 Å². The SMILES string of the molecule is Cc1ccc(-c2cc(C(F)F)n3ncc(C(=O)NC4CCCCC4)c3n2)cc1. The van der Waals surface area contributed by atoms with Crippen LogP contribution in [-0.2, 0) is 0 Å². The number of nitrogens with one attached hydrogen (secondary N) is 1. The first-order chi connectivity index (χ1) is 13.5. The third kappa shape index (κ3) is 3.61. The molecule has 0 spiro atoms. The molecule has 0 radical (unpaired) electrons. The summed E-state index contributed by atoms with van der Waals surface area (Å²) < 4.78 is 28.4. The number of alkyl halides is 2. The van der Waals surface area contributed by atoms with Crippen LogP contribution >= 0.6 is 0 Å². The van der Waals surface area contributed by atoms with E-state index in [0.717, 1.165) is 41.3 Å². The molecule has 0 atom stereocenters. The topological polar surface area (TPSA) is 59.3 Å². The first kappa shape index (κ1) is 18.5. The van der Waals surface area contributed by atoms with Crippen molar-refractivity contribution >= 4 is 11.6 Å². The van der Waals surface area contributed by atoms with Crippen LogP contribution in [0, 0.1) is 6.92 Å². The van der Waals surface area contributed by atoms with Gasteiger partial charge in [0.1, 0.15) is 11.3 Å². The molecule has 3 aromatic rings. The third-order valence-corrected chi connectivity index (χ3v) is 5.26. The normalized spacial score (nSPS) is 15.3. The molecule has 2 aromatic heterocycles. The lowest BCUT2D eigenvalue weighted by Crippen LogP contribution is -2.36. The second-order valence-corrected chi connectivity index (χ2v) is 7.34. The zero-order chi connectivity index (χ0) is 19.7. The lowest BCUT2D eigenvalue weighted by molar-refractivity contribution is 0.0929. The van der Waals surface area contributed by atoms with Crippen LogP contribution in [0.1, 0.15) is 60.1 Å². The molecule has 7 heteroatoms. The maximum Gasteiger partial charge on any atom is 0.280 e. The average molecular weight is 384 g/mol. The standard InChI is InChI=1S/C21H22F2N4O/c1-13-7-9-14(10-8-13)17-11-18(19(22)23)27-20(26-17)16(12-24-27)21(28)25-15-5-3-2-4-6-15/h7-12,15,19H,2-6H2,1H3,(H,25,28). The molecular weight excluding hydrogens is 362 g/mol. The molecule has 1 amide bonds. The molecule has 1 aliphatic rings. The molecule has 0 saturated heterocycles. The molecule has 1 saturated carbocycles. The summed E-state index contributed by atoms with van der Waals surface area (Å²) in [4.78, 5) is 17.3.